The number of hydrogen-bond donors (Lipinski definition) is 0. The van der Waals surface area contributed by atoms with Crippen LogP contribution < -0.4 is 4.74 Å². The lowest BCUT2D eigenvalue weighted by atomic mass is 10.2. The second-order valence-corrected chi connectivity index (χ2v) is 11.3. The zero-order valence-corrected chi connectivity index (χ0v) is 19.9. The lowest BCUT2D eigenvalue weighted by molar-refractivity contribution is 0.0855. The lowest BCUT2D eigenvalue weighted by Gasteiger charge is -2.17. The average Bonchev–Trinajstić information content (AvgIpc) is 3.07. The molecule has 0 aliphatic carbocycles. The average molecular weight is 462 g/mol. The van der Waals surface area contributed by atoms with Crippen LogP contribution in [-0.2, 0) is 10.0 Å². The minimum absolute atomic E-state index is 0.0585. The number of sulfonamides is 1. The van der Waals surface area contributed by atoms with E-state index in [9.17, 15) is 13.2 Å². The van der Waals surface area contributed by atoms with Crippen LogP contribution in [0.2, 0.25) is 0 Å². The molecule has 0 N–H and O–H groups in total. The summed E-state index contributed by atoms with van der Waals surface area (Å²) in [4.78, 5) is 19.5. The molecule has 166 valence electrons. The fourth-order valence-corrected chi connectivity index (χ4v) is 4.98. The van der Waals surface area contributed by atoms with Crippen LogP contribution in [0.1, 0.15) is 31.1 Å². The molecule has 1 aliphatic heterocycles. The molecule has 0 spiro atoms. The van der Waals surface area contributed by atoms with Gasteiger partial charge in [0.15, 0.2) is 5.17 Å². The first-order chi connectivity index (χ1) is 14.6. The Bertz CT molecular complexity index is 1080. The zero-order chi connectivity index (χ0) is 22.8. The maximum Gasteiger partial charge on any atom is 0.259 e. The molecule has 1 fully saturated rings. The monoisotopic (exact) mass is 461 g/mol. The van der Waals surface area contributed by atoms with Crippen molar-refractivity contribution < 1.29 is 17.9 Å². The van der Waals surface area contributed by atoms with Crippen molar-refractivity contribution in [3.63, 3.8) is 0 Å². The third-order valence-electron chi connectivity index (χ3n) is 4.52. The van der Waals surface area contributed by atoms with Crippen LogP contribution in [0.25, 0.3) is 0 Å². The minimum atomic E-state index is -3.56. The second-order valence-electron chi connectivity index (χ2n) is 7.71. The van der Waals surface area contributed by atoms with Gasteiger partial charge >= 0.3 is 0 Å². The molecule has 1 heterocycles. The summed E-state index contributed by atoms with van der Waals surface area (Å²) in [5.41, 5.74) is 1.03. The van der Waals surface area contributed by atoms with E-state index in [2.05, 4.69) is 4.99 Å². The van der Waals surface area contributed by atoms with E-state index in [1.807, 2.05) is 20.8 Å². The first kappa shape index (κ1) is 23.3. The Balaban J connectivity index is 1.88. The van der Waals surface area contributed by atoms with Gasteiger partial charge in [0.05, 0.1) is 16.7 Å². The third-order valence-corrected chi connectivity index (χ3v) is 7.40. The van der Waals surface area contributed by atoms with Crippen molar-refractivity contribution in [1.29, 1.82) is 0 Å². The number of nitrogens with zero attached hydrogens (tertiary/aromatic N) is 3. The summed E-state index contributed by atoms with van der Waals surface area (Å²) < 4.78 is 31.6. The Morgan fingerprint density at radius 3 is 2.48 bits per heavy atom. The van der Waals surface area contributed by atoms with Crippen molar-refractivity contribution in [2.45, 2.75) is 37.0 Å². The van der Waals surface area contributed by atoms with Crippen LogP contribution in [0.3, 0.4) is 0 Å². The fraction of sp³-hybridized carbons (Fsp3) is 0.364. The Kier molecular flexibility index (Phi) is 7.08. The molecular weight excluding hydrogens is 434 g/mol. The molecule has 0 aromatic heterocycles. The molecule has 1 saturated heterocycles. The van der Waals surface area contributed by atoms with Crippen molar-refractivity contribution >= 4 is 38.5 Å². The van der Waals surface area contributed by atoms with E-state index in [1.54, 1.807) is 41.3 Å². The number of amides is 1. The van der Waals surface area contributed by atoms with Crippen molar-refractivity contribution in [1.82, 2.24) is 9.21 Å². The van der Waals surface area contributed by atoms with Crippen LogP contribution in [0.4, 0.5) is 5.69 Å². The normalized spacial score (nSPS) is 18.2. The number of aliphatic imine (C=N–C) groups is 1. The maximum absolute atomic E-state index is 13.1. The van der Waals surface area contributed by atoms with Gasteiger partial charge in [-0.15, -0.1) is 0 Å². The summed E-state index contributed by atoms with van der Waals surface area (Å²) in [6.45, 7) is 6.45. The van der Waals surface area contributed by atoms with Crippen molar-refractivity contribution in [2.24, 2.45) is 4.99 Å². The van der Waals surface area contributed by atoms with E-state index in [4.69, 9.17) is 4.74 Å². The Hall–Kier alpha value is -2.36. The molecule has 1 atom stereocenters. The molecule has 1 unspecified atom stereocenters. The van der Waals surface area contributed by atoms with E-state index >= 15 is 0 Å². The van der Waals surface area contributed by atoms with E-state index in [-0.39, 0.29) is 22.2 Å². The number of rotatable bonds is 6. The Labute approximate surface area is 188 Å². The van der Waals surface area contributed by atoms with Gasteiger partial charge in [0.25, 0.3) is 5.91 Å². The number of benzene rings is 2. The highest BCUT2D eigenvalue weighted by Gasteiger charge is 2.31. The van der Waals surface area contributed by atoms with Crippen LogP contribution in [0, 0.1) is 0 Å². The number of ether oxygens (including phenoxy) is 1. The standard InChI is InChI=1S/C22H27N3O4S2/c1-15(2)29-19-11-9-17(10-12-19)21(26)25-14-16(3)30-22(25)23-18-7-6-8-20(13-18)31(27,28)24(4)5/h6-13,15-16H,14H2,1-5H3. The highest BCUT2D eigenvalue weighted by Crippen LogP contribution is 2.30. The lowest BCUT2D eigenvalue weighted by Crippen LogP contribution is -2.32. The van der Waals surface area contributed by atoms with Gasteiger partial charge in [0.1, 0.15) is 5.75 Å². The number of amidine groups is 1. The van der Waals surface area contributed by atoms with Gasteiger partial charge in [-0.25, -0.2) is 17.7 Å². The van der Waals surface area contributed by atoms with Gasteiger partial charge in [-0.05, 0) is 56.3 Å². The highest BCUT2D eigenvalue weighted by molar-refractivity contribution is 8.14. The van der Waals surface area contributed by atoms with Crippen LogP contribution in [0.5, 0.6) is 5.75 Å². The third kappa shape index (κ3) is 5.47. The second kappa shape index (κ2) is 9.42. The zero-order valence-electron chi connectivity index (χ0n) is 18.3. The summed E-state index contributed by atoms with van der Waals surface area (Å²) in [5, 5.41) is 0.736. The molecule has 2 aromatic carbocycles. The molecule has 1 amide bonds. The molecule has 0 bridgehead atoms. The Morgan fingerprint density at radius 2 is 1.87 bits per heavy atom. The molecule has 7 nitrogen and oxygen atoms in total. The SMILES string of the molecule is CC(C)Oc1ccc(C(=O)N2CC(C)SC2=Nc2cccc(S(=O)(=O)N(C)C)c2)cc1. The van der Waals surface area contributed by atoms with Crippen molar-refractivity contribution in [3.8, 4) is 5.75 Å². The van der Waals surface area contributed by atoms with Gasteiger partial charge < -0.3 is 4.74 Å². The summed E-state index contributed by atoms with van der Waals surface area (Å²) in [6.07, 6.45) is 0.0585. The highest BCUT2D eigenvalue weighted by atomic mass is 32.2. The van der Waals surface area contributed by atoms with Crippen molar-refractivity contribution in [3.05, 3.63) is 54.1 Å². The topological polar surface area (TPSA) is 79.3 Å². The first-order valence-electron chi connectivity index (χ1n) is 9.94. The summed E-state index contributed by atoms with van der Waals surface area (Å²) in [5.74, 6) is 0.562. The maximum atomic E-state index is 13.1. The number of carbonyl (C=O) groups excluding carboxylic acids is 1. The quantitative estimate of drug-likeness (QED) is 0.650. The van der Waals surface area contributed by atoms with E-state index in [1.165, 1.54) is 38.0 Å². The predicted molar refractivity (Wildman–Crippen MR) is 125 cm³/mol. The predicted octanol–water partition coefficient (Wildman–Crippen LogP) is 3.99. The molecule has 1 aliphatic rings. The molecule has 2 aromatic rings. The Morgan fingerprint density at radius 1 is 1.19 bits per heavy atom. The molecule has 3 rings (SSSR count). The molecule has 0 radical (unpaired) electrons. The van der Waals surface area contributed by atoms with E-state index in [0.29, 0.717) is 28.7 Å². The number of thioether (sulfide) groups is 1. The summed E-state index contributed by atoms with van der Waals surface area (Å²) >= 11 is 1.49. The van der Waals surface area contributed by atoms with Gasteiger partial charge in [-0.1, -0.05) is 24.8 Å². The molecule has 31 heavy (non-hydrogen) atoms. The van der Waals surface area contributed by atoms with Crippen LogP contribution in [0.15, 0.2) is 58.4 Å². The van der Waals surface area contributed by atoms with Crippen LogP contribution >= 0.6 is 11.8 Å². The largest absolute Gasteiger partial charge is 0.491 e. The van der Waals surface area contributed by atoms with Crippen molar-refractivity contribution in [2.75, 3.05) is 20.6 Å². The number of carbonyl (C=O) groups is 1. The number of hydrogen-bond acceptors (Lipinski definition) is 6. The van der Waals surface area contributed by atoms with Crippen LogP contribution in [-0.4, -0.2) is 60.7 Å². The first-order valence-corrected chi connectivity index (χ1v) is 12.3. The van der Waals surface area contributed by atoms with E-state index in [0.717, 1.165) is 4.31 Å². The van der Waals surface area contributed by atoms with Gasteiger partial charge in [0.2, 0.25) is 10.0 Å². The van der Waals surface area contributed by atoms with Gasteiger partial charge in [-0.2, -0.15) is 0 Å². The van der Waals surface area contributed by atoms with E-state index < -0.39 is 10.0 Å². The summed E-state index contributed by atoms with van der Waals surface area (Å²) in [6, 6.07) is 13.5. The van der Waals surface area contributed by atoms with Gasteiger partial charge in [-0.3, -0.25) is 9.69 Å². The molecular formula is C22H27N3O4S2. The fourth-order valence-electron chi connectivity index (χ4n) is 3.01. The van der Waals surface area contributed by atoms with Gasteiger partial charge in [0, 0.05) is 31.5 Å². The minimum Gasteiger partial charge on any atom is -0.491 e. The molecule has 9 heteroatoms. The smallest absolute Gasteiger partial charge is 0.259 e. The molecule has 0 saturated carbocycles. The summed E-state index contributed by atoms with van der Waals surface area (Å²) in [7, 11) is -0.592.